The Hall–Kier alpha value is -3.05. The molecular formula is C20H20F3N3O4S. The first kappa shape index (κ1) is 22.6. The summed E-state index contributed by atoms with van der Waals surface area (Å²) in [6.07, 6.45) is -3.04. The maximum Gasteiger partial charge on any atom is 0.573 e. The lowest BCUT2D eigenvalue weighted by Gasteiger charge is -2.10. The van der Waals surface area contributed by atoms with E-state index >= 15 is 0 Å². The van der Waals surface area contributed by atoms with Crippen LogP contribution < -0.4 is 14.8 Å². The van der Waals surface area contributed by atoms with Crippen LogP contribution in [0.4, 0.5) is 18.9 Å². The Kier molecular flexibility index (Phi) is 6.56. The van der Waals surface area contributed by atoms with Crippen molar-refractivity contribution < 1.29 is 31.1 Å². The summed E-state index contributed by atoms with van der Waals surface area (Å²) < 4.78 is 69.0. The molecule has 0 fully saturated rings. The number of halogens is 3. The molecule has 0 bridgehead atoms. The van der Waals surface area contributed by atoms with Crippen molar-refractivity contribution in [2.24, 2.45) is 0 Å². The van der Waals surface area contributed by atoms with Gasteiger partial charge in [0, 0.05) is 42.3 Å². The smallest absolute Gasteiger partial charge is 0.406 e. The first-order chi connectivity index (χ1) is 14.6. The molecule has 0 aliphatic heterocycles. The summed E-state index contributed by atoms with van der Waals surface area (Å²) in [5.41, 5.74) is 1.63. The predicted octanol–water partition coefficient (Wildman–Crippen LogP) is 3.87. The fraction of sp³-hybridized carbons (Fsp3) is 0.250. The minimum Gasteiger partial charge on any atom is -0.406 e. The van der Waals surface area contributed by atoms with Crippen LogP contribution in [0.1, 0.15) is 13.3 Å². The standard InChI is InChI=1S/C20H20F3N3O4S/c1-2-26-12-10-14-13-15(3-8-18(14)26)25-19(27)9-11-24-31(28,29)17-6-4-16(5-7-17)30-20(21,22)23/h3-8,10,12-13,24H,2,9,11H2,1H3,(H,25,27). The van der Waals surface area contributed by atoms with Gasteiger partial charge in [0.25, 0.3) is 0 Å². The van der Waals surface area contributed by atoms with Gasteiger partial charge in [0.2, 0.25) is 15.9 Å². The molecule has 3 rings (SSSR count). The molecule has 3 aromatic rings. The summed E-state index contributed by atoms with van der Waals surface area (Å²) in [7, 11) is -3.99. The highest BCUT2D eigenvalue weighted by atomic mass is 32.2. The molecule has 1 heterocycles. The number of carbonyl (C=O) groups excluding carboxylic acids is 1. The summed E-state index contributed by atoms with van der Waals surface area (Å²) in [5, 5.41) is 3.68. The molecule has 0 unspecified atom stereocenters. The van der Waals surface area contributed by atoms with Gasteiger partial charge >= 0.3 is 6.36 Å². The van der Waals surface area contributed by atoms with Crippen LogP contribution in [0.2, 0.25) is 0 Å². The quantitative estimate of drug-likeness (QED) is 0.540. The number of alkyl halides is 3. The van der Waals surface area contributed by atoms with Crippen LogP contribution >= 0.6 is 0 Å². The molecule has 31 heavy (non-hydrogen) atoms. The number of hydrogen-bond acceptors (Lipinski definition) is 4. The van der Waals surface area contributed by atoms with E-state index in [4.69, 9.17) is 0 Å². The number of carbonyl (C=O) groups is 1. The number of rotatable bonds is 8. The Morgan fingerprint density at radius 3 is 2.45 bits per heavy atom. The van der Waals surface area contributed by atoms with Crippen LogP contribution in [0.5, 0.6) is 5.75 Å². The van der Waals surface area contributed by atoms with E-state index in [0.29, 0.717) is 5.69 Å². The molecule has 11 heteroatoms. The largest absolute Gasteiger partial charge is 0.573 e. The summed E-state index contributed by atoms with van der Waals surface area (Å²) in [4.78, 5) is 11.9. The summed E-state index contributed by atoms with van der Waals surface area (Å²) >= 11 is 0. The highest BCUT2D eigenvalue weighted by Crippen LogP contribution is 2.24. The van der Waals surface area contributed by atoms with E-state index in [9.17, 15) is 26.4 Å². The molecule has 0 spiro atoms. The Morgan fingerprint density at radius 1 is 1.10 bits per heavy atom. The SMILES string of the molecule is CCn1ccc2cc(NC(=O)CCNS(=O)(=O)c3ccc(OC(F)(F)F)cc3)ccc21. The maximum atomic E-state index is 12.2. The lowest BCUT2D eigenvalue weighted by atomic mass is 10.2. The number of aryl methyl sites for hydroxylation is 1. The average molecular weight is 455 g/mol. The van der Waals surface area contributed by atoms with Crippen molar-refractivity contribution >= 4 is 32.5 Å². The van der Waals surface area contributed by atoms with Crippen molar-refractivity contribution in [3.05, 3.63) is 54.7 Å². The molecule has 0 atom stereocenters. The molecule has 1 aromatic heterocycles. The summed E-state index contributed by atoms with van der Waals surface area (Å²) in [6.45, 7) is 2.68. The molecule has 7 nitrogen and oxygen atoms in total. The van der Waals surface area contributed by atoms with Gasteiger partial charge in [0.1, 0.15) is 5.75 Å². The second-order valence-corrected chi connectivity index (χ2v) is 8.36. The van der Waals surface area contributed by atoms with Gasteiger partial charge in [-0.1, -0.05) is 0 Å². The number of fused-ring (bicyclic) bond motifs is 1. The second-order valence-electron chi connectivity index (χ2n) is 6.59. The number of nitrogens with zero attached hydrogens (tertiary/aromatic N) is 1. The minimum atomic E-state index is -4.86. The zero-order valence-corrected chi connectivity index (χ0v) is 17.3. The molecule has 0 radical (unpaired) electrons. The monoisotopic (exact) mass is 455 g/mol. The van der Waals surface area contributed by atoms with E-state index in [1.165, 1.54) is 0 Å². The molecule has 0 aliphatic carbocycles. The van der Waals surface area contributed by atoms with Crippen LogP contribution in [0, 0.1) is 0 Å². The van der Waals surface area contributed by atoms with Crippen molar-refractivity contribution in [1.29, 1.82) is 0 Å². The average Bonchev–Trinajstić information content (AvgIpc) is 3.09. The van der Waals surface area contributed by atoms with Crippen LogP contribution in [-0.4, -0.2) is 31.8 Å². The third kappa shape index (κ3) is 5.98. The molecule has 1 amide bonds. The van der Waals surface area contributed by atoms with Crippen LogP contribution in [0.15, 0.2) is 59.6 Å². The van der Waals surface area contributed by atoms with Gasteiger partial charge in [-0.25, -0.2) is 13.1 Å². The fourth-order valence-corrected chi connectivity index (χ4v) is 4.01. The van der Waals surface area contributed by atoms with Gasteiger partial charge in [-0.05, 0) is 55.5 Å². The van der Waals surface area contributed by atoms with E-state index in [0.717, 1.165) is 41.7 Å². The molecule has 166 valence electrons. The molecule has 0 saturated heterocycles. The maximum absolute atomic E-state index is 12.2. The number of ether oxygens (including phenoxy) is 1. The van der Waals surface area contributed by atoms with Crippen molar-refractivity contribution in [3.8, 4) is 5.75 Å². The van der Waals surface area contributed by atoms with Crippen molar-refractivity contribution in [2.45, 2.75) is 31.1 Å². The van der Waals surface area contributed by atoms with E-state index in [-0.39, 0.29) is 23.8 Å². The van der Waals surface area contributed by atoms with Gasteiger partial charge in [0.05, 0.1) is 4.90 Å². The summed E-state index contributed by atoms with van der Waals surface area (Å²) in [5.74, 6) is -0.914. The molecule has 2 aromatic carbocycles. The lowest BCUT2D eigenvalue weighted by molar-refractivity contribution is -0.274. The van der Waals surface area contributed by atoms with Gasteiger partial charge in [-0.2, -0.15) is 0 Å². The molecular weight excluding hydrogens is 435 g/mol. The Bertz CT molecular complexity index is 1170. The zero-order chi connectivity index (χ0) is 22.6. The number of sulfonamides is 1. The van der Waals surface area contributed by atoms with Crippen molar-refractivity contribution in [3.63, 3.8) is 0 Å². The highest BCUT2D eigenvalue weighted by molar-refractivity contribution is 7.89. The normalized spacial score (nSPS) is 12.1. The number of amides is 1. The highest BCUT2D eigenvalue weighted by Gasteiger charge is 2.31. The minimum absolute atomic E-state index is 0.123. The lowest BCUT2D eigenvalue weighted by Crippen LogP contribution is -2.27. The molecule has 2 N–H and O–H groups in total. The van der Waals surface area contributed by atoms with E-state index in [1.807, 2.05) is 31.3 Å². The number of aromatic nitrogens is 1. The van der Waals surface area contributed by atoms with E-state index in [1.54, 1.807) is 6.07 Å². The number of anilines is 1. The third-order valence-corrected chi connectivity index (χ3v) is 5.88. The van der Waals surface area contributed by atoms with Gasteiger partial charge in [-0.15, -0.1) is 13.2 Å². The Balaban J connectivity index is 1.53. The first-order valence-electron chi connectivity index (χ1n) is 9.31. The Labute approximate surface area is 176 Å². The predicted molar refractivity (Wildman–Crippen MR) is 109 cm³/mol. The van der Waals surface area contributed by atoms with E-state index in [2.05, 4.69) is 19.3 Å². The summed E-state index contributed by atoms with van der Waals surface area (Å²) in [6, 6.07) is 11.2. The fourth-order valence-electron chi connectivity index (χ4n) is 2.98. The second kappa shape index (κ2) is 8.98. The number of hydrogen-bond donors (Lipinski definition) is 2. The van der Waals surface area contributed by atoms with Crippen molar-refractivity contribution in [1.82, 2.24) is 9.29 Å². The van der Waals surface area contributed by atoms with Crippen LogP contribution in [-0.2, 0) is 21.4 Å². The van der Waals surface area contributed by atoms with Crippen LogP contribution in [0.25, 0.3) is 10.9 Å². The number of benzene rings is 2. The van der Waals surface area contributed by atoms with E-state index < -0.39 is 22.1 Å². The van der Waals surface area contributed by atoms with Gasteiger partial charge < -0.3 is 14.6 Å². The third-order valence-electron chi connectivity index (χ3n) is 4.41. The first-order valence-corrected chi connectivity index (χ1v) is 10.8. The van der Waals surface area contributed by atoms with Gasteiger partial charge in [0.15, 0.2) is 0 Å². The zero-order valence-electron chi connectivity index (χ0n) is 16.4. The van der Waals surface area contributed by atoms with Crippen LogP contribution in [0.3, 0.4) is 0 Å². The number of nitrogens with one attached hydrogen (secondary N) is 2. The van der Waals surface area contributed by atoms with Gasteiger partial charge in [-0.3, -0.25) is 4.79 Å². The topological polar surface area (TPSA) is 89.4 Å². The molecule has 0 aliphatic rings. The molecule has 0 saturated carbocycles. The van der Waals surface area contributed by atoms with Crippen molar-refractivity contribution in [2.75, 3.05) is 11.9 Å². The Morgan fingerprint density at radius 2 is 1.81 bits per heavy atom.